The Labute approximate surface area is 155 Å². The third-order valence-corrected chi connectivity index (χ3v) is 5.79. The van der Waals surface area contributed by atoms with Crippen LogP contribution in [0.2, 0.25) is 0 Å². The molecule has 1 N–H and O–H groups in total. The number of carboxylic acids is 1. The molecule has 0 bridgehead atoms. The lowest BCUT2D eigenvalue weighted by atomic mass is 9.92. The van der Waals surface area contributed by atoms with E-state index >= 15 is 0 Å². The van der Waals surface area contributed by atoms with Crippen molar-refractivity contribution in [2.24, 2.45) is 17.8 Å². The van der Waals surface area contributed by atoms with Crippen LogP contribution in [0, 0.1) is 31.6 Å². The molecule has 3 atom stereocenters. The van der Waals surface area contributed by atoms with Gasteiger partial charge in [0, 0.05) is 24.3 Å². The van der Waals surface area contributed by atoms with Crippen LogP contribution in [0.25, 0.3) is 0 Å². The zero-order chi connectivity index (χ0) is 20.1. The molecule has 1 aromatic rings. The van der Waals surface area contributed by atoms with Crippen molar-refractivity contribution in [1.29, 1.82) is 0 Å². The van der Waals surface area contributed by atoms with Crippen molar-refractivity contribution in [2.45, 2.75) is 52.3 Å². The highest BCUT2D eigenvalue weighted by Gasteiger charge is 2.47. The van der Waals surface area contributed by atoms with Gasteiger partial charge >= 0.3 is 12.1 Å². The first-order chi connectivity index (χ1) is 12.5. The van der Waals surface area contributed by atoms with E-state index in [1.807, 2.05) is 0 Å². The fourth-order valence-corrected chi connectivity index (χ4v) is 4.33. The van der Waals surface area contributed by atoms with Crippen LogP contribution in [0.15, 0.2) is 0 Å². The Morgan fingerprint density at radius 2 is 1.89 bits per heavy atom. The Balaban J connectivity index is 1.79. The summed E-state index contributed by atoms with van der Waals surface area (Å²) in [6.45, 7) is 4.14. The van der Waals surface area contributed by atoms with Crippen molar-refractivity contribution in [3.63, 3.8) is 0 Å². The van der Waals surface area contributed by atoms with Crippen molar-refractivity contribution < 1.29 is 27.9 Å². The third kappa shape index (κ3) is 3.96. The molecule has 150 valence electrons. The van der Waals surface area contributed by atoms with Gasteiger partial charge in [0.15, 0.2) is 0 Å². The Morgan fingerprint density at radius 3 is 2.41 bits per heavy atom. The number of halogens is 3. The number of amides is 1. The zero-order valence-electron chi connectivity index (χ0n) is 15.6. The largest absolute Gasteiger partial charge is 0.481 e. The van der Waals surface area contributed by atoms with Gasteiger partial charge < -0.3 is 10.0 Å². The quantitative estimate of drug-likeness (QED) is 0.843. The van der Waals surface area contributed by atoms with E-state index in [-0.39, 0.29) is 18.4 Å². The summed E-state index contributed by atoms with van der Waals surface area (Å²) in [5.41, 5.74) is 1.20. The number of hydrogen-bond donors (Lipinski definition) is 1. The number of carbonyl (C=O) groups excluding carboxylic acids is 1. The van der Waals surface area contributed by atoms with Gasteiger partial charge in [-0.05, 0) is 45.4 Å². The van der Waals surface area contributed by atoms with Gasteiger partial charge in [-0.1, -0.05) is 0 Å². The Kier molecular flexibility index (Phi) is 4.98. The van der Waals surface area contributed by atoms with Crippen LogP contribution in [0.1, 0.15) is 42.6 Å². The highest BCUT2D eigenvalue weighted by Crippen LogP contribution is 2.44. The van der Waals surface area contributed by atoms with E-state index in [0.29, 0.717) is 29.4 Å². The van der Waals surface area contributed by atoms with E-state index in [0.717, 1.165) is 17.5 Å². The topological polar surface area (TPSA) is 75.4 Å². The number of aryl methyl sites for hydroxylation is 1. The fourth-order valence-electron chi connectivity index (χ4n) is 4.33. The summed E-state index contributed by atoms with van der Waals surface area (Å²) in [4.78, 5) is 26.1. The molecule has 6 nitrogen and oxygen atoms in total. The number of likely N-dealkylation sites (tertiary alicyclic amines) is 1. The molecule has 9 heteroatoms. The van der Waals surface area contributed by atoms with Crippen LogP contribution in [0.3, 0.4) is 0 Å². The summed E-state index contributed by atoms with van der Waals surface area (Å²) in [6.07, 6.45) is -2.40. The first-order valence-corrected chi connectivity index (χ1v) is 9.11. The summed E-state index contributed by atoms with van der Waals surface area (Å²) < 4.78 is 39.0. The molecule has 1 aliphatic carbocycles. The molecule has 2 fully saturated rings. The van der Waals surface area contributed by atoms with Crippen LogP contribution < -0.4 is 0 Å². The van der Waals surface area contributed by atoms with Gasteiger partial charge in [0.1, 0.15) is 6.54 Å². The third-order valence-electron chi connectivity index (χ3n) is 5.79. The first-order valence-electron chi connectivity index (χ1n) is 9.11. The van der Waals surface area contributed by atoms with Gasteiger partial charge in [0.2, 0.25) is 5.91 Å². The van der Waals surface area contributed by atoms with Gasteiger partial charge in [-0.2, -0.15) is 18.3 Å². The van der Waals surface area contributed by atoms with Crippen LogP contribution in [0.5, 0.6) is 0 Å². The van der Waals surface area contributed by atoms with E-state index in [2.05, 4.69) is 5.10 Å². The van der Waals surface area contributed by atoms with Crippen LogP contribution in [-0.2, 0) is 16.1 Å². The summed E-state index contributed by atoms with van der Waals surface area (Å²) >= 11 is 0. The Hall–Kier alpha value is -2.06. The molecule has 1 saturated carbocycles. The maximum absolute atomic E-state index is 13.0. The smallest absolute Gasteiger partial charge is 0.408 e. The van der Waals surface area contributed by atoms with E-state index in [9.17, 15) is 27.9 Å². The number of nitrogens with zero attached hydrogens (tertiary/aromatic N) is 3. The summed E-state index contributed by atoms with van der Waals surface area (Å²) in [7, 11) is 0. The molecule has 1 saturated heterocycles. The number of rotatable bonds is 5. The van der Waals surface area contributed by atoms with Gasteiger partial charge in [-0.3, -0.25) is 14.3 Å². The second kappa shape index (κ2) is 6.83. The molecular formula is C18H24F3N3O3. The monoisotopic (exact) mass is 387 g/mol. The SMILES string of the molecule is Cc1nn(CC(F)(F)F)c(C)c1C(C)C(=O)N1C[C@H](C(=O)O)[C@@H](C2CC2)C1. The minimum atomic E-state index is -4.39. The van der Waals surface area contributed by atoms with Crippen molar-refractivity contribution in [3.05, 3.63) is 17.0 Å². The summed E-state index contributed by atoms with van der Waals surface area (Å²) in [6, 6.07) is 0. The lowest BCUT2D eigenvalue weighted by molar-refractivity contribution is -0.143. The molecule has 1 aromatic heterocycles. The molecule has 1 unspecified atom stereocenters. The Bertz CT molecular complexity index is 755. The van der Waals surface area contributed by atoms with Crippen LogP contribution >= 0.6 is 0 Å². The van der Waals surface area contributed by atoms with Gasteiger partial charge in [-0.25, -0.2) is 0 Å². The minimum Gasteiger partial charge on any atom is -0.481 e. The molecule has 0 aromatic carbocycles. The molecular weight excluding hydrogens is 363 g/mol. The number of aliphatic carboxylic acids is 1. The zero-order valence-corrected chi connectivity index (χ0v) is 15.6. The number of aromatic nitrogens is 2. The average molecular weight is 387 g/mol. The maximum atomic E-state index is 13.0. The average Bonchev–Trinajstić information content (AvgIpc) is 3.23. The number of carboxylic acid groups (broad SMARTS) is 1. The highest BCUT2D eigenvalue weighted by molar-refractivity contribution is 5.85. The van der Waals surface area contributed by atoms with Gasteiger partial charge in [0.25, 0.3) is 0 Å². The molecule has 1 aliphatic heterocycles. The van der Waals surface area contributed by atoms with Gasteiger partial charge in [0.05, 0.1) is 17.5 Å². The van der Waals surface area contributed by atoms with E-state index < -0.39 is 30.5 Å². The number of hydrogen-bond acceptors (Lipinski definition) is 3. The standard InChI is InChI=1S/C18H24F3N3O3/c1-9(15-10(2)22-24(11(15)3)8-18(19,20)21)16(25)23-6-13(12-4-5-12)14(7-23)17(26)27/h9,12-14H,4-8H2,1-3H3,(H,26,27)/t9?,13-,14+/m1/s1. The van der Waals surface area contributed by atoms with Crippen LogP contribution in [-0.4, -0.2) is 50.9 Å². The second-order valence-corrected chi connectivity index (χ2v) is 7.77. The lowest BCUT2D eigenvalue weighted by Crippen LogP contribution is -2.33. The molecule has 2 heterocycles. The fraction of sp³-hybridized carbons (Fsp3) is 0.722. The predicted octanol–water partition coefficient (Wildman–Crippen LogP) is 2.73. The normalized spacial score (nSPS) is 24.3. The highest BCUT2D eigenvalue weighted by atomic mass is 19.4. The molecule has 3 rings (SSSR count). The van der Waals surface area contributed by atoms with Gasteiger partial charge in [-0.15, -0.1) is 0 Å². The van der Waals surface area contributed by atoms with Crippen LogP contribution in [0.4, 0.5) is 13.2 Å². The predicted molar refractivity (Wildman–Crippen MR) is 90.1 cm³/mol. The van der Waals surface area contributed by atoms with Crippen molar-refractivity contribution in [2.75, 3.05) is 13.1 Å². The number of alkyl halides is 3. The van der Waals surface area contributed by atoms with E-state index in [1.54, 1.807) is 18.7 Å². The van der Waals surface area contributed by atoms with Crippen molar-refractivity contribution >= 4 is 11.9 Å². The second-order valence-electron chi connectivity index (χ2n) is 7.77. The molecule has 0 spiro atoms. The van der Waals surface area contributed by atoms with Crippen molar-refractivity contribution in [3.8, 4) is 0 Å². The minimum absolute atomic E-state index is 0.0335. The molecule has 2 aliphatic rings. The van der Waals surface area contributed by atoms with E-state index in [4.69, 9.17) is 0 Å². The van der Waals surface area contributed by atoms with E-state index in [1.165, 1.54) is 6.92 Å². The Morgan fingerprint density at radius 1 is 1.26 bits per heavy atom. The summed E-state index contributed by atoms with van der Waals surface area (Å²) in [5, 5.41) is 13.4. The number of carbonyl (C=O) groups is 2. The van der Waals surface area contributed by atoms with Crippen molar-refractivity contribution in [1.82, 2.24) is 14.7 Å². The molecule has 27 heavy (non-hydrogen) atoms. The molecule has 1 amide bonds. The first kappa shape index (κ1) is 19.7. The lowest BCUT2D eigenvalue weighted by Gasteiger charge is -2.21. The maximum Gasteiger partial charge on any atom is 0.408 e. The summed E-state index contributed by atoms with van der Waals surface area (Å²) in [5.74, 6) is -2.04. The molecule has 0 radical (unpaired) electrons.